The molecule has 0 aromatic carbocycles. The van der Waals surface area contributed by atoms with Gasteiger partial charge in [-0.1, -0.05) is 98.3 Å². The highest BCUT2D eigenvalue weighted by Crippen LogP contribution is 2.21. The summed E-state index contributed by atoms with van der Waals surface area (Å²) >= 11 is 0. The second kappa shape index (κ2) is 13.3. The summed E-state index contributed by atoms with van der Waals surface area (Å²) in [5.41, 5.74) is -0.228. The van der Waals surface area contributed by atoms with E-state index in [4.69, 9.17) is 0 Å². The highest BCUT2D eigenvalue weighted by Gasteiger charge is 2.16. The first-order valence-corrected chi connectivity index (χ1v) is 9.16. The summed E-state index contributed by atoms with van der Waals surface area (Å²) in [5, 5.41) is 0. The van der Waals surface area contributed by atoms with Gasteiger partial charge in [0.15, 0.2) is 0 Å². The molecule has 124 valence electrons. The molecule has 0 bridgehead atoms. The van der Waals surface area contributed by atoms with E-state index >= 15 is 0 Å². The van der Waals surface area contributed by atoms with Crippen LogP contribution in [0, 0.1) is 11.3 Å². The van der Waals surface area contributed by atoms with Crippen LogP contribution in [0.15, 0.2) is 0 Å². The molecule has 0 aliphatic heterocycles. The van der Waals surface area contributed by atoms with Gasteiger partial charge in [0.05, 0.1) is 0 Å². The van der Waals surface area contributed by atoms with Crippen LogP contribution in [-0.2, 0) is 4.79 Å². The first kappa shape index (κ1) is 20.7. The lowest BCUT2D eigenvalue weighted by molar-refractivity contribution is 0.403. The average molecular weight is 295 g/mol. The molecule has 0 unspecified atom stereocenters. The topological polar surface area (TPSA) is 17.1 Å². The molecular weight excluding hydrogens is 256 g/mol. The Labute approximate surface area is 134 Å². The number of hydrogen-bond donors (Lipinski definition) is 0. The Hall–Kier alpha value is -0.330. The molecule has 2 radical (unpaired) electrons. The van der Waals surface area contributed by atoms with Crippen molar-refractivity contribution in [2.75, 3.05) is 0 Å². The number of hydrogen-bond acceptors (Lipinski definition) is 1. The second-order valence-electron chi connectivity index (χ2n) is 7.58. The third-order valence-corrected chi connectivity index (χ3v) is 4.25. The normalized spacial score (nSPS) is 12.0. The molecule has 0 saturated carbocycles. The van der Waals surface area contributed by atoms with Gasteiger partial charge < -0.3 is 0 Å². The van der Waals surface area contributed by atoms with Crippen molar-refractivity contribution < 1.29 is 4.79 Å². The van der Waals surface area contributed by atoms with E-state index in [1.165, 1.54) is 77.0 Å². The van der Waals surface area contributed by atoms with E-state index in [-0.39, 0.29) is 5.41 Å². The third kappa shape index (κ3) is 15.9. The van der Waals surface area contributed by atoms with Gasteiger partial charge in [-0.3, -0.25) is 4.79 Å². The first-order chi connectivity index (χ1) is 9.98. The lowest BCUT2D eigenvalue weighted by atomic mass is 9.88. The summed E-state index contributed by atoms with van der Waals surface area (Å²) in [6, 6.07) is 0. The molecular formula is C20H38O. The minimum atomic E-state index is -0.228. The molecule has 21 heavy (non-hydrogen) atoms. The molecule has 0 aliphatic rings. The second-order valence-corrected chi connectivity index (χ2v) is 7.58. The number of unbranched alkanes of at least 4 members (excludes halogenated alkanes) is 10. The van der Waals surface area contributed by atoms with Gasteiger partial charge in [0.25, 0.3) is 0 Å². The molecule has 0 amide bonds. The van der Waals surface area contributed by atoms with Crippen LogP contribution in [0.2, 0.25) is 0 Å². The summed E-state index contributed by atoms with van der Waals surface area (Å²) in [4.78, 5) is 10.7. The largest absolute Gasteiger partial charge is 0.290 e. The van der Waals surface area contributed by atoms with Crippen LogP contribution in [0.25, 0.3) is 0 Å². The van der Waals surface area contributed by atoms with E-state index in [9.17, 15) is 4.79 Å². The van der Waals surface area contributed by atoms with Crippen molar-refractivity contribution in [3.63, 3.8) is 0 Å². The van der Waals surface area contributed by atoms with Crippen molar-refractivity contribution in [2.24, 2.45) is 5.41 Å². The molecule has 0 heterocycles. The summed E-state index contributed by atoms with van der Waals surface area (Å²) < 4.78 is 0. The van der Waals surface area contributed by atoms with Gasteiger partial charge in [-0.15, -0.1) is 0 Å². The van der Waals surface area contributed by atoms with E-state index in [2.05, 4.69) is 20.1 Å². The maximum Gasteiger partial charge on any atom is 0.204 e. The number of rotatable bonds is 15. The van der Waals surface area contributed by atoms with Crippen molar-refractivity contribution in [2.45, 2.75) is 111 Å². The molecule has 0 spiro atoms. The van der Waals surface area contributed by atoms with Gasteiger partial charge in [-0.2, -0.15) is 0 Å². The minimum Gasteiger partial charge on any atom is -0.290 e. The maximum absolute atomic E-state index is 10.7. The SMILES string of the molecule is C[C](C)CCCCCCCCCCCCCC(C)(C)[C]=O. The van der Waals surface area contributed by atoms with E-state index in [1.54, 1.807) is 5.92 Å². The van der Waals surface area contributed by atoms with Crippen molar-refractivity contribution in [3.05, 3.63) is 5.92 Å². The summed E-state index contributed by atoms with van der Waals surface area (Å²) in [7, 11) is 0. The molecule has 0 aromatic heterocycles. The fourth-order valence-electron chi connectivity index (χ4n) is 2.69. The fraction of sp³-hybridized carbons (Fsp3) is 0.900. The first-order valence-electron chi connectivity index (χ1n) is 9.16. The summed E-state index contributed by atoms with van der Waals surface area (Å²) in [6.45, 7) is 8.44. The maximum atomic E-state index is 10.7. The Morgan fingerprint density at radius 2 is 1.10 bits per heavy atom. The zero-order chi connectivity index (χ0) is 16.0. The summed E-state index contributed by atoms with van der Waals surface area (Å²) in [6.07, 6.45) is 19.5. The molecule has 0 fully saturated rings. The van der Waals surface area contributed by atoms with Crippen molar-refractivity contribution in [1.82, 2.24) is 0 Å². The molecule has 0 atom stereocenters. The van der Waals surface area contributed by atoms with E-state index in [0.717, 1.165) is 6.42 Å². The van der Waals surface area contributed by atoms with Crippen LogP contribution in [-0.4, -0.2) is 6.29 Å². The van der Waals surface area contributed by atoms with E-state index < -0.39 is 0 Å². The molecule has 1 nitrogen and oxygen atoms in total. The summed E-state index contributed by atoms with van der Waals surface area (Å²) in [5.74, 6) is 1.57. The molecule has 0 N–H and O–H groups in total. The van der Waals surface area contributed by atoms with E-state index in [0.29, 0.717) is 0 Å². The predicted octanol–water partition coefficient (Wildman–Crippen LogP) is 6.81. The van der Waals surface area contributed by atoms with Crippen LogP contribution in [0.3, 0.4) is 0 Å². The molecule has 0 aliphatic carbocycles. The van der Waals surface area contributed by atoms with Crippen molar-refractivity contribution in [1.29, 1.82) is 0 Å². The van der Waals surface area contributed by atoms with Gasteiger partial charge in [0.2, 0.25) is 6.29 Å². The smallest absolute Gasteiger partial charge is 0.204 e. The monoisotopic (exact) mass is 294 g/mol. The van der Waals surface area contributed by atoms with Gasteiger partial charge in [-0.25, -0.2) is 0 Å². The molecule has 0 aromatic rings. The fourth-order valence-corrected chi connectivity index (χ4v) is 2.69. The standard InChI is InChI=1S/C20H38O/c1-19(2)16-14-12-10-8-6-5-7-9-11-13-15-17-20(3,4)18-21/h5-17H2,1-4H3. The van der Waals surface area contributed by atoms with Gasteiger partial charge in [-0.05, 0) is 18.8 Å². The molecule has 0 saturated heterocycles. The van der Waals surface area contributed by atoms with Crippen LogP contribution in [0.4, 0.5) is 0 Å². The highest BCUT2D eigenvalue weighted by atomic mass is 16.1. The Bertz CT molecular complexity index is 230. The average Bonchev–Trinajstić information content (AvgIpc) is 2.43. The van der Waals surface area contributed by atoms with Gasteiger partial charge >= 0.3 is 0 Å². The highest BCUT2D eigenvalue weighted by molar-refractivity contribution is 5.58. The van der Waals surface area contributed by atoms with Crippen molar-refractivity contribution >= 4 is 6.29 Å². The van der Waals surface area contributed by atoms with Gasteiger partial charge in [0, 0.05) is 5.41 Å². The van der Waals surface area contributed by atoms with Crippen LogP contribution >= 0.6 is 0 Å². The Morgan fingerprint density at radius 3 is 1.48 bits per heavy atom. The predicted molar refractivity (Wildman–Crippen MR) is 94.1 cm³/mol. The Morgan fingerprint density at radius 1 is 0.714 bits per heavy atom. The lowest BCUT2D eigenvalue weighted by Crippen LogP contribution is -2.12. The Kier molecular flexibility index (Phi) is 13.1. The molecule has 0 rings (SSSR count). The van der Waals surface area contributed by atoms with Crippen LogP contribution in [0.5, 0.6) is 0 Å². The van der Waals surface area contributed by atoms with Crippen LogP contribution in [0.1, 0.15) is 111 Å². The third-order valence-electron chi connectivity index (χ3n) is 4.25. The van der Waals surface area contributed by atoms with Gasteiger partial charge in [0.1, 0.15) is 0 Å². The lowest BCUT2D eigenvalue weighted by Gasteiger charge is -2.14. The zero-order valence-corrected chi connectivity index (χ0v) is 15.1. The minimum absolute atomic E-state index is 0.228. The van der Waals surface area contributed by atoms with Crippen molar-refractivity contribution in [3.8, 4) is 0 Å². The van der Waals surface area contributed by atoms with Crippen LogP contribution < -0.4 is 0 Å². The zero-order valence-electron chi connectivity index (χ0n) is 15.1. The quantitative estimate of drug-likeness (QED) is 0.303. The Balaban J connectivity index is 3.11. The number of carbonyl (C=O) groups excluding carboxylic acids is 1. The van der Waals surface area contributed by atoms with E-state index in [1.807, 2.05) is 13.8 Å². The molecule has 1 heteroatoms.